The van der Waals surface area contributed by atoms with Gasteiger partial charge in [0.25, 0.3) is 0 Å². The van der Waals surface area contributed by atoms with Gasteiger partial charge in [0.2, 0.25) is 0 Å². The van der Waals surface area contributed by atoms with Crippen LogP contribution in [0.15, 0.2) is 11.1 Å². The van der Waals surface area contributed by atoms with Crippen LogP contribution in [0.1, 0.15) is 34.6 Å². The van der Waals surface area contributed by atoms with E-state index in [9.17, 15) is 0 Å². The van der Waals surface area contributed by atoms with Crippen molar-refractivity contribution in [3.8, 4) is 0 Å². The Morgan fingerprint density at radius 2 is 1.80 bits per heavy atom. The smallest absolute Gasteiger partial charge is 0.0560 e. The predicted octanol–water partition coefficient (Wildman–Crippen LogP) is 3.57. The first-order valence-corrected chi connectivity index (χ1v) is 6.16. The van der Waals surface area contributed by atoms with Crippen molar-refractivity contribution in [2.75, 3.05) is 13.6 Å². The number of nitrogens with one attached hydrogen (secondary N) is 1. The molecule has 0 bridgehead atoms. The van der Waals surface area contributed by atoms with Crippen molar-refractivity contribution in [2.45, 2.75) is 40.0 Å². The minimum atomic E-state index is 0. The second-order valence-electron chi connectivity index (χ2n) is 3.34. The minimum absolute atomic E-state index is 0. The zero-order valence-corrected chi connectivity index (χ0v) is 14.6. The molecule has 2 atom stereocenters. The topological polar surface area (TPSA) is 26.1 Å². The molecule has 0 aromatic heterocycles. The van der Waals surface area contributed by atoms with Gasteiger partial charge >= 0.3 is 0 Å². The number of hydrogen-bond acceptors (Lipinski definition) is 2. The van der Waals surface area contributed by atoms with Crippen LogP contribution in [0.25, 0.3) is 4.72 Å². The second-order valence-corrected chi connectivity index (χ2v) is 4.39. The molecule has 2 nitrogen and oxygen atoms in total. The monoisotopic (exact) mass is 456 g/mol. The van der Waals surface area contributed by atoms with E-state index in [1.807, 2.05) is 20.9 Å². The molecule has 0 aromatic rings. The van der Waals surface area contributed by atoms with Crippen LogP contribution >= 0.6 is 11.9 Å². The minimum Gasteiger partial charge on any atom is -0.607 e. The summed E-state index contributed by atoms with van der Waals surface area (Å²) < 4.78 is 4.09. The van der Waals surface area contributed by atoms with Crippen molar-refractivity contribution < 1.29 is 14.3 Å². The fourth-order valence-electron chi connectivity index (χ4n) is 1.41. The van der Waals surface area contributed by atoms with Crippen LogP contribution < -0.4 is 5.32 Å². The second kappa shape index (κ2) is 9.61. The molecule has 1 heterocycles. The van der Waals surface area contributed by atoms with E-state index in [4.69, 9.17) is 0 Å². The summed E-state index contributed by atoms with van der Waals surface area (Å²) in [7, 11) is 1.84. The van der Waals surface area contributed by atoms with Crippen LogP contribution in [-0.4, -0.2) is 19.0 Å². The maximum Gasteiger partial charge on any atom is 0.0560 e. The Kier molecular flexibility index (Phi) is 11.4. The summed E-state index contributed by atoms with van der Waals surface area (Å²) in [5.41, 5.74) is 2.97. The standard InChI is InChI=1S/C9H17N2S.C2H6.Am/c1-6-5-11-9(12-10-4)8(3)7(6)2;1-2;/h6,9,11H,5H2,1-4H3;1-2H3;/q-1;;. The van der Waals surface area contributed by atoms with Crippen molar-refractivity contribution >= 4 is 11.9 Å². The van der Waals surface area contributed by atoms with Crippen LogP contribution in [-0.2, 0) is 0 Å². The number of nitrogens with zero attached hydrogens (tertiary/aromatic N) is 1. The first-order valence-electron chi connectivity index (χ1n) is 5.32. The van der Waals surface area contributed by atoms with E-state index in [1.165, 1.54) is 11.1 Å². The molecule has 0 saturated carbocycles. The molecule has 0 spiro atoms. The zero-order chi connectivity index (χ0) is 11.1. The van der Waals surface area contributed by atoms with Gasteiger partial charge in [0.1, 0.15) is 0 Å². The van der Waals surface area contributed by atoms with Gasteiger partial charge in [-0.1, -0.05) is 26.3 Å². The van der Waals surface area contributed by atoms with Gasteiger partial charge in [-0.15, -0.1) is 0 Å². The van der Waals surface area contributed by atoms with Crippen molar-refractivity contribution in [1.29, 1.82) is 0 Å². The van der Waals surface area contributed by atoms with Gasteiger partial charge in [0.15, 0.2) is 0 Å². The van der Waals surface area contributed by atoms with E-state index >= 15 is 0 Å². The predicted molar refractivity (Wildman–Crippen MR) is 67.6 cm³/mol. The molecule has 0 aromatic carbocycles. The van der Waals surface area contributed by atoms with Gasteiger partial charge in [-0.25, -0.2) is 0 Å². The fraction of sp³-hybridized carbons (Fsp3) is 0.818. The largest absolute Gasteiger partial charge is 0.607 e. The molecule has 15 heavy (non-hydrogen) atoms. The molecule has 0 fully saturated rings. The van der Waals surface area contributed by atoms with E-state index in [0.29, 0.717) is 11.3 Å². The third kappa shape index (κ3) is 5.32. The summed E-state index contributed by atoms with van der Waals surface area (Å²) in [5.74, 6) is 0.679. The van der Waals surface area contributed by atoms with Gasteiger partial charge in [-0.2, -0.15) is 7.05 Å². The summed E-state index contributed by atoms with van der Waals surface area (Å²) in [6, 6.07) is 0. The first-order chi connectivity index (χ1) is 6.66. The molecule has 1 aliphatic rings. The van der Waals surface area contributed by atoms with E-state index < -0.39 is 0 Å². The molecular formula is C11H23AmN2S-. The average Bonchev–Trinajstić information content (AvgIpc) is 2.22. The molecule has 4 heteroatoms. The van der Waals surface area contributed by atoms with Crippen LogP contribution in [0.2, 0.25) is 0 Å². The molecule has 0 saturated heterocycles. The van der Waals surface area contributed by atoms with Gasteiger partial charge in [-0.3, -0.25) is 11.9 Å². The van der Waals surface area contributed by atoms with E-state index in [-0.39, 0.29) is 14.3 Å². The molecule has 0 aliphatic carbocycles. The summed E-state index contributed by atoms with van der Waals surface area (Å²) in [6.45, 7) is 11.8. The normalized spacial score (nSPS) is 25.2. The molecule has 1 radical (unpaired) electrons. The van der Waals surface area contributed by atoms with Crippen LogP contribution in [0, 0.1) is 20.2 Å². The average molecular weight is 458 g/mol. The third-order valence-electron chi connectivity index (χ3n) is 2.57. The molecule has 91 valence electrons. The molecule has 1 aliphatic heterocycles. The van der Waals surface area contributed by atoms with Crippen molar-refractivity contribution in [1.82, 2.24) is 5.32 Å². The molecule has 1 rings (SSSR count). The van der Waals surface area contributed by atoms with Gasteiger partial charge in [0.05, 0.1) is 5.37 Å². The quantitative estimate of drug-likeness (QED) is 0.506. The van der Waals surface area contributed by atoms with E-state index in [2.05, 4.69) is 30.8 Å². The Labute approximate surface area is 107 Å². The Morgan fingerprint density at radius 3 is 2.27 bits per heavy atom. The van der Waals surface area contributed by atoms with Crippen molar-refractivity contribution in [3.63, 3.8) is 0 Å². The summed E-state index contributed by atoms with van der Waals surface area (Å²) in [6.07, 6.45) is 0. The molecule has 0 amide bonds. The Balaban J connectivity index is 0. The first kappa shape index (κ1) is 17.8. The third-order valence-corrected chi connectivity index (χ3v) is 3.52. The van der Waals surface area contributed by atoms with Crippen molar-refractivity contribution in [2.24, 2.45) is 5.92 Å². The van der Waals surface area contributed by atoms with Crippen LogP contribution in [0.4, 0.5) is 0 Å². The summed E-state index contributed by atoms with van der Waals surface area (Å²) in [4.78, 5) is 0. The van der Waals surface area contributed by atoms with Crippen LogP contribution in [0.5, 0.6) is 0 Å². The van der Waals surface area contributed by atoms with Gasteiger partial charge < -0.3 is 10.0 Å². The van der Waals surface area contributed by atoms with Crippen molar-refractivity contribution in [3.05, 3.63) is 15.9 Å². The van der Waals surface area contributed by atoms with E-state index in [1.54, 1.807) is 11.9 Å². The van der Waals surface area contributed by atoms with Crippen LogP contribution in [0.3, 0.4) is 0 Å². The Hall–Kier alpha value is 0.400. The number of rotatable bonds is 2. The maximum atomic E-state index is 4.09. The Bertz CT molecular complexity index is 195. The number of hydrogen-bond donors (Lipinski definition) is 1. The SMILES string of the molecule is CC.C[N-]SC1NCC(C)C(C)=C1C.[Am]. The Morgan fingerprint density at radius 1 is 1.27 bits per heavy atom. The van der Waals surface area contributed by atoms with Gasteiger partial charge in [0, 0.05) is 20.8 Å². The van der Waals surface area contributed by atoms with E-state index in [0.717, 1.165) is 6.54 Å². The molecule has 1 N–H and O–H groups in total. The maximum absolute atomic E-state index is 4.09. The molecule has 2 unspecified atom stereocenters. The fourth-order valence-corrected chi connectivity index (χ4v) is 2.13. The molecular weight excluding hydrogens is 435 g/mol. The van der Waals surface area contributed by atoms with Gasteiger partial charge in [-0.05, 0) is 25.3 Å². The summed E-state index contributed by atoms with van der Waals surface area (Å²) >= 11 is 1.62. The summed E-state index contributed by atoms with van der Waals surface area (Å²) in [5, 5.41) is 3.87. The zero-order valence-electron chi connectivity index (χ0n) is 10.6.